The van der Waals surface area contributed by atoms with Gasteiger partial charge >= 0.3 is 0 Å². The van der Waals surface area contributed by atoms with E-state index in [1.807, 2.05) is 0 Å². The standard InChI is InChI=1S/C17H17F2NO/c1-12-16(19)15(8-10-20(12)2)17(9-3-11-21-17)13-4-6-14(18)7-5-13/h4-8,10H,1,3,9,11H2,2H3. The minimum Gasteiger partial charge on any atom is -0.365 e. The van der Waals surface area contributed by atoms with Crippen molar-refractivity contribution in [3.8, 4) is 0 Å². The van der Waals surface area contributed by atoms with Gasteiger partial charge < -0.3 is 9.64 Å². The summed E-state index contributed by atoms with van der Waals surface area (Å²) in [5.41, 5.74) is 0.700. The first kappa shape index (κ1) is 14.0. The maximum absolute atomic E-state index is 14.7. The Kier molecular flexibility index (Phi) is 3.41. The summed E-state index contributed by atoms with van der Waals surface area (Å²) in [5.74, 6) is -0.684. The molecule has 2 heterocycles. The summed E-state index contributed by atoms with van der Waals surface area (Å²) >= 11 is 0. The van der Waals surface area contributed by atoms with E-state index < -0.39 is 5.60 Å². The first-order chi connectivity index (χ1) is 10.0. The Morgan fingerprint density at radius 2 is 1.95 bits per heavy atom. The molecular formula is C17H17F2NO. The Labute approximate surface area is 123 Å². The Morgan fingerprint density at radius 1 is 1.24 bits per heavy atom. The van der Waals surface area contributed by atoms with Gasteiger partial charge in [-0.2, -0.15) is 0 Å². The van der Waals surface area contributed by atoms with E-state index in [1.165, 1.54) is 12.1 Å². The maximum atomic E-state index is 14.7. The lowest BCUT2D eigenvalue weighted by molar-refractivity contribution is 0.0327. The summed E-state index contributed by atoms with van der Waals surface area (Å²) in [6, 6.07) is 6.08. The van der Waals surface area contributed by atoms with Gasteiger partial charge in [0.05, 0.1) is 5.70 Å². The van der Waals surface area contributed by atoms with Gasteiger partial charge in [0.1, 0.15) is 11.4 Å². The maximum Gasteiger partial charge on any atom is 0.152 e. The Balaban J connectivity index is 2.12. The molecule has 0 N–H and O–H groups in total. The molecule has 0 aliphatic carbocycles. The Hall–Kier alpha value is -1.94. The van der Waals surface area contributed by atoms with Crippen molar-refractivity contribution in [2.75, 3.05) is 13.7 Å². The molecule has 21 heavy (non-hydrogen) atoms. The van der Waals surface area contributed by atoms with Crippen molar-refractivity contribution in [1.29, 1.82) is 0 Å². The molecule has 2 nitrogen and oxygen atoms in total. The first-order valence-electron chi connectivity index (χ1n) is 6.95. The van der Waals surface area contributed by atoms with E-state index >= 15 is 0 Å². The third-order valence-electron chi connectivity index (χ3n) is 4.15. The molecular weight excluding hydrogens is 272 g/mol. The third kappa shape index (κ3) is 2.20. The van der Waals surface area contributed by atoms with E-state index in [0.29, 0.717) is 24.3 Å². The summed E-state index contributed by atoms with van der Waals surface area (Å²) in [6.07, 6.45) is 5.00. The van der Waals surface area contributed by atoms with Crippen LogP contribution in [0.15, 0.2) is 60.2 Å². The van der Waals surface area contributed by atoms with Crippen molar-refractivity contribution < 1.29 is 13.5 Å². The minimum absolute atomic E-state index is 0.310. The number of likely N-dealkylation sites (N-methyl/N-ethyl adjacent to an activating group) is 1. The van der Waals surface area contributed by atoms with Crippen LogP contribution in [-0.2, 0) is 10.3 Å². The molecule has 1 saturated heterocycles. The fourth-order valence-electron chi connectivity index (χ4n) is 2.93. The van der Waals surface area contributed by atoms with E-state index in [-0.39, 0.29) is 11.6 Å². The predicted octanol–water partition coefficient (Wildman–Crippen LogP) is 4.03. The van der Waals surface area contributed by atoms with Gasteiger partial charge in [-0.05, 0) is 36.6 Å². The lowest BCUT2D eigenvalue weighted by Crippen LogP contribution is -2.30. The number of benzene rings is 1. The van der Waals surface area contributed by atoms with Crippen molar-refractivity contribution in [3.63, 3.8) is 0 Å². The average molecular weight is 289 g/mol. The summed E-state index contributed by atoms with van der Waals surface area (Å²) in [7, 11) is 1.75. The zero-order valence-corrected chi connectivity index (χ0v) is 11.9. The van der Waals surface area contributed by atoms with Gasteiger partial charge in [0.25, 0.3) is 0 Å². The van der Waals surface area contributed by atoms with Crippen molar-refractivity contribution in [1.82, 2.24) is 4.90 Å². The van der Waals surface area contributed by atoms with Crippen LogP contribution in [-0.4, -0.2) is 18.6 Å². The fourth-order valence-corrected chi connectivity index (χ4v) is 2.93. The average Bonchev–Trinajstić information content (AvgIpc) is 2.96. The predicted molar refractivity (Wildman–Crippen MR) is 77.4 cm³/mol. The molecule has 2 aliphatic heterocycles. The van der Waals surface area contributed by atoms with Crippen LogP contribution in [0.2, 0.25) is 0 Å². The molecule has 0 radical (unpaired) electrons. The molecule has 1 aromatic carbocycles. The molecule has 1 fully saturated rings. The van der Waals surface area contributed by atoms with Gasteiger partial charge in [-0.3, -0.25) is 0 Å². The van der Waals surface area contributed by atoms with Crippen molar-refractivity contribution in [3.05, 3.63) is 71.6 Å². The van der Waals surface area contributed by atoms with Crippen LogP contribution >= 0.6 is 0 Å². The normalized spacial score (nSPS) is 25.9. The molecule has 1 atom stereocenters. The van der Waals surface area contributed by atoms with Crippen LogP contribution in [0.25, 0.3) is 0 Å². The summed E-state index contributed by atoms with van der Waals surface area (Å²) < 4.78 is 33.8. The van der Waals surface area contributed by atoms with E-state index in [0.717, 1.165) is 12.0 Å². The number of hydrogen-bond acceptors (Lipinski definition) is 2. The highest BCUT2D eigenvalue weighted by Crippen LogP contribution is 2.46. The highest BCUT2D eigenvalue weighted by Gasteiger charge is 2.43. The lowest BCUT2D eigenvalue weighted by Gasteiger charge is -2.34. The number of ether oxygens (including phenoxy) is 1. The molecule has 0 spiro atoms. The SMILES string of the molecule is C=C1C(F)=C(C2(c3ccc(F)cc3)CCCO2)C=CN1C. The summed E-state index contributed by atoms with van der Waals surface area (Å²) in [5, 5.41) is 0. The van der Waals surface area contributed by atoms with Gasteiger partial charge in [0, 0.05) is 25.4 Å². The number of nitrogens with zero attached hydrogens (tertiary/aromatic N) is 1. The van der Waals surface area contributed by atoms with Crippen LogP contribution in [0.3, 0.4) is 0 Å². The smallest absolute Gasteiger partial charge is 0.152 e. The quantitative estimate of drug-likeness (QED) is 0.815. The fraction of sp³-hybridized carbons (Fsp3) is 0.294. The van der Waals surface area contributed by atoms with Crippen molar-refractivity contribution in [2.45, 2.75) is 18.4 Å². The number of allylic oxidation sites excluding steroid dienone is 1. The van der Waals surface area contributed by atoms with Crippen molar-refractivity contribution in [2.24, 2.45) is 0 Å². The Bertz CT molecular complexity index is 625. The number of halogens is 2. The second-order valence-corrected chi connectivity index (χ2v) is 5.39. The molecule has 2 aliphatic rings. The van der Waals surface area contributed by atoms with E-state index in [9.17, 15) is 8.78 Å². The topological polar surface area (TPSA) is 12.5 Å². The van der Waals surface area contributed by atoms with Gasteiger partial charge in [0.15, 0.2) is 5.83 Å². The molecule has 0 bridgehead atoms. The minimum atomic E-state index is -0.849. The van der Waals surface area contributed by atoms with E-state index in [2.05, 4.69) is 6.58 Å². The van der Waals surface area contributed by atoms with Crippen LogP contribution in [0, 0.1) is 5.82 Å². The molecule has 0 amide bonds. The molecule has 4 heteroatoms. The summed E-state index contributed by atoms with van der Waals surface area (Å²) in [4.78, 5) is 1.63. The molecule has 1 unspecified atom stereocenters. The largest absolute Gasteiger partial charge is 0.365 e. The van der Waals surface area contributed by atoms with Crippen LogP contribution in [0.5, 0.6) is 0 Å². The molecule has 0 saturated carbocycles. The Morgan fingerprint density at radius 3 is 2.57 bits per heavy atom. The van der Waals surface area contributed by atoms with Crippen molar-refractivity contribution >= 4 is 0 Å². The van der Waals surface area contributed by atoms with Crippen LogP contribution in [0.4, 0.5) is 8.78 Å². The molecule has 3 rings (SSSR count). The zero-order chi connectivity index (χ0) is 15.0. The highest BCUT2D eigenvalue weighted by atomic mass is 19.1. The number of hydrogen-bond donors (Lipinski definition) is 0. The van der Waals surface area contributed by atoms with Gasteiger partial charge in [-0.15, -0.1) is 0 Å². The lowest BCUT2D eigenvalue weighted by atomic mass is 9.82. The molecule has 0 aromatic heterocycles. The van der Waals surface area contributed by atoms with E-state index in [1.54, 1.807) is 36.4 Å². The zero-order valence-electron chi connectivity index (χ0n) is 11.9. The van der Waals surface area contributed by atoms with Crippen LogP contribution < -0.4 is 0 Å². The number of rotatable bonds is 2. The van der Waals surface area contributed by atoms with E-state index in [4.69, 9.17) is 4.74 Å². The van der Waals surface area contributed by atoms with Gasteiger partial charge in [0.2, 0.25) is 0 Å². The second kappa shape index (κ2) is 5.11. The van der Waals surface area contributed by atoms with Crippen LogP contribution in [0.1, 0.15) is 18.4 Å². The third-order valence-corrected chi connectivity index (χ3v) is 4.15. The van der Waals surface area contributed by atoms with Gasteiger partial charge in [-0.25, -0.2) is 8.78 Å². The molecule has 1 aromatic rings. The highest BCUT2D eigenvalue weighted by molar-refractivity contribution is 5.48. The summed E-state index contributed by atoms with van der Waals surface area (Å²) in [6.45, 7) is 4.32. The van der Waals surface area contributed by atoms with Gasteiger partial charge in [-0.1, -0.05) is 18.7 Å². The molecule has 110 valence electrons. The first-order valence-corrected chi connectivity index (χ1v) is 6.95. The second-order valence-electron chi connectivity index (χ2n) is 5.39. The monoisotopic (exact) mass is 289 g/mol.